The van der Waals surface area contributed by atoms with E-state index in [9.17, 15) is 13.2 Å². The van der Waals surface area contributed by atoms with Gasteiger partial charge in [-0.1, -0.05) is 24.3 Å². The Morgan fingerprint density at radius 3 is 2.65 bits per heavy atom. The smallest absolute Gasteiger partial charge is 0.243 e. The second kappa shape index (κ2) is 8.77. The Morgan fingerprint density at radius 1 is 1.15 bits per heavy atom. The number of sulfonamides is 1. The Bertz CT molecular complexity index is 829. The summed E-state index contributed by atoms with van der Waals surface area (Å²) in [7, 11) is -3.58. The molecule has 26 heavy (non-hydrogen) atoms. The molecule has 0 unspecified atom stereocenters. The van der Waals surface area contributed by atoms with Crippen molar-refractivity contribution >= 4 is 27.3 Å². The van der Waals surface area contributed by atoms with E-state index in [-0.39, 0.29) is 17.3 Å². The van der Waals surface area contributed by atoms with Crippen LogP contribution in [0.5, 0.6) is 0 Å². The van der Waals surface area contributed by atoms with Crippen LogP contribution in [0.25, 0.3) is 0 Å². The van der Waals surface area contributed by atoms with Crippen molar-refractivity contribution in [2.75, 3.05) is 26.3 Å². The van der Waals surface area contributed by atoms with Gasteiger partial charge in [0.2, 0.25) is 15.9 Å². The highest BCUT2D eigenvalue weighted by Gasteiger charge is 2.28. The summed E-state index contributed by atoms with van der Waals surface area (Å²) in [6, 6.07) is 10.8. The molecule has 0 spiro atoms. The van der Waals surface area contributed by atoms with E-state index in [1.165, 1.54) is 4.31 Å². The zero-order chi connectivity index (χ0) is 18.4. The number of carbonyl (C=O) groups excluding carboxylic acids is 1. The molecular formula is C18H22N2O4S2. The zero-order valence-electron chi connectivity index (χ0n) is 14.4. The predicted molar refractivity (Wildman–Crippen MR) is 101 cm³/mol. The van der Waals surface area contributed by atoms with Crippen molar-refractivity contribution < 1.29 is 17.9 Å². The van der Waals surface area contributed by atoms with E-state index in [1.807, 2.05) is 17.5 Å². The molecule has 0 radical (unpaired) electrons. The van der Waals surface area contributed by atoms with E-state index >= 15 is 0 Å². The van der Waals surface area contributed by atoms with Crippen molar-refractivity contribution in [3.63, 3.8) is 0 Å². The van der Waals surface area contributed by atoms with Crippen LogP contribution in [-0.2, 0) is 32.5 Å². The molecule has 0 aliphatic carbocycles. The Morgan fingerprint density at radius 2 is 1.92 bits per heavy atom. The minimum Gasteiger partial charge on any atom is -0.379 e. The van der Waals surface area contributed by atoms with Gasteiger partial charge in [-0.25, -0.2) is 8.42 Å². The number of nitrogens with zero attached hydrogens (tertiary/aromatic N) is 1. The second-order valence-corrected chi connectivity index (χ2v) is 8.92. The summed E-state index contributed by atoms with van der Waals surface area (Å²) in [6.07, 6.45) is 1.08. The number of benzene rings is 1. The number of ether oxygens (including phenoxy) is 1. The number of amides is 1. The maximum absolute atomic E-state index is 12.9. The van der Waals surface area contributed by atoms with Gasteiger partial charge in [0.15, 0.2) is 0 Å². The number of hydrogen-bond acceptors (Lipinski definition) is 5. The van der Waals surface area contributed by atoms with Gasteiger partial charge in [-0.05, 0) is 29.5 Å². The minimum absolute atomic E-state index is 0.0861. The number of carbonyl (C=O) groups is 1. The Balaban J connectivity index is 1.64. The van der Waals surface area contributed by atoms with Crippen molar-refractivity contribution in [1.82, 2.24) is 9.62 Å². The first-order chi connectivity index (χ1) is 12.6. The summed E-state index contributed by atoms with van der Waals surface area (Å²) in [4.78, 5) is 13.5. The lowest BCUT2D eigenvalue weighted by Gasteiger charge is -2.27. The molecule has 1 aliphatic heterocycles. The first-order valence-electron chi connectivity index (χ1n) is 8.52. The van der Waals surface area contributed by atoms with E-state index < -0.39 is 10.0 Å². The van der Waals surface area contributed by atoms with Crippen LogP contribution in [0.15, 0.2) is 46.7 Å². The van der Waals surface area contributed by atoms with Crippen molar-refractivity contribution in [2.24, 2.45) is 0 Å². The molecule has 0 bridgehead atoms. The van der Waals surface area contributed by atoms with Crippen molar-refractivity contribution in [3.8, 4) is 0 Å². The number of thiophene rings is 1. The lowest BCUT2D eigenvalue weighted by atomic mass is 10.2. The molecule has 140 valence electrons. The van der Waals surface area contributed by atoms with Crippen LogP contribution in [-0.4, -0.2) is 44.9 Å². The SMILES string of the molecule is O=C(CCc1cccs1)NCc1ccccc1S(=O)(=O)N1CCOCC1. The van der Waals surface area contributed by atoms with Crippen LogP contribution in [0.1, 0.15) is 16.9 Å². The first-order valence-corrected chi connectivity index (χ1v) is 10.8. The lowest BCUT2D eigenvalue weighted by Crippen LogP contribution is -2.41. The van der Waals surface area contributed by atoms with Gasteiger partial charge in [-0.15, -0.1) is 11.3 Å². The fourth-order valence-electron chi connectivity index (χ4n) is 2.80. The molecule has 2 aromatic rings. The second-order valence-electron chi connectivity index (χ2n) is 5.98. The van der Waals surface area contributed by atoms with Gasteiger partial charge in [-0.2, -0.15) is 4.31 Å². The van der Waals surface area contributed by atoms with Gasteiger partial charge in [-0.3, -0.25) is 4.79 Å². The lowest BCUT2D eigenvalue weighted by molar-refractivity contribution is -0.121. The summed E-state index contributed by atoms with van der Waals surface area (Å²) < 4.78 is 32.5. The Kier molecular flexibility index (Phi) is 6.42. The average molecular weight is 395 g/mol. The quantitative estimate of drug-likeness (QED) is 0.780. The molecule has 1 fully saturated rings. The third kappa shape index (κ3) is 4.70. The van der Waals surface area contributed by atoms with Crippen molar-refractivity contribution in [2.45, 2.75) is 24.3 Å². The molecule has 2 heterocycles. The molecular weight excluding hydrogens is 372 g/mol. The Hall–Kier alpha value is -1.74. The topological polar surface area (TPSA) is 75.7 Å². The highest BCUT2D eigenvalue weighted by Crippen LogP contribution is 2.21. The molecule has 3 rings (SSSR count). The Labute approximate surface area is 157 Å². The van der Waals surface area contributed by atoms with Crippen LogP contribution < -0.4 is 5.32 Å². The summed E-state index contributed by atoms with van der Waals surface area (Å²) in [5.41, 5.74) is 0.600. The number of nitrogens with one attached hydrogen (secondary N) is 1. The molecule has 1 N–H and O–H groups in total. The molecule has 1 aliphatic rings. The van der Waals surface area contributed by atoms with E-state index in [2.05, 4.69) is 5.32 Å². The van der Waals surface area contributed by atoms with E-state index in [0.717, 1.165) is 4.88 Å². The maximum atomic E-state index is 12.9. The normalized spacial score (nSPS) is 15.7. The zero-order valence-corrected chi connectivity index (χ0v) is 16.0. The summed E-state index contributed by atoms with van der Waals surface area (Å²) >= 11 is 1.63. The average Bonchev–Trinajstić information content (AvgIpc) is 3.19. The molecule has 1 aromatic carbocycles. The van der Waals surface area contributed by atoms with Gasteiger partial charge in [0.25, 0.3) is 0 Å². The third-order valence-electron chi connectivity index (χ3n) is 4.22. The van der Waals surface area contributed by atoms with Crippen LogP contribution >= 0.6 is 11.3 Å². The fourth-order valence-corrected chi connectivity index (χ4v) is 5.14. The molecule has 0 saturated carbocycles. The van der Waals surface area contributed by atoms with Crippen LogP contribution in [0, 0.1) is 0 Å². The maximum Gasteiger partial charge on any atom is 0.243 e. The van der Waals surface area contributed by atoms with E-state index in [4.69, 9.17) is 4.74 Å². The van der Waals surface area contributed by atoms with Crippen LogP contribution in [0.4, 0.5) is 0 Å². The largest absolute Gasteiger partial charge is 0.379 e. The van der Waals surface area contributed by atoms with Gasteiger partial charge >= 0.3 is 0 Å². The predicted octanol–water partition coefficient (Wildman–Crippen LogP) is 2.02. The minimum atomic E-state index is -3.58. The molecule has 1 amide bonds. The fraction of sp³-hybridized carbons (Fsp3) is 0.389. The van der Waals surface area contributed by atoms with Gasteiger partial charge in [0, 0.05) is 30.9 Å². The summed E-state index contributed by atoms with van der Waals surface area (Å²) in [6.45, 7) is 1.71. The number of aryl methyl sites for hydroxylation is 1. The van der Waals surface area contributed by atoms with E-state index in [0.29, 0.717) is 44.7 Å². The third-order valence-corrected chi connectivity index (χ3v) is 7.15. The number of morpholine rings is 1. The summed E-state index contributed by atoms with van der Waals surface area (Å²) in [5, 5.41) is 4.82. The van der Waals surface area contributed by atoms with Crippen molar-refractivity contribution in [3.05, 3.63) is 52.2 Å². The highest BCUT2D eigenvalue weighted by molar-refractivity contribution is 7.89. The molecule has 6 nitrogen and oxygen atoms in total. The van der Waals surface area contributed by atoms with Gasteiger partial charge in [0.05, 0.1) is 18.1 Å². The standard InChI is InChI=1S/C18H22N2O4S2/c21-18(8-7-16-5-3-13-25-16)19-14-15-4-1-2-6-17(15)26(22,23)20-9-11-24-12-10-20/h1-6,13H,7-12,14H2,(H,19,21). The van der Waals surface area contributed by atoms with Gasteiger partial charge in [0.1, 0.15) is 0 Å². The highest BCUT2D eigenvalue weighted by atomic mass is 32.2. The van der Waals surface area contributed by atoms with E-state index in [1.54, 1.807) is 35.6 Å². The first kappa shape index (κ1) is 19.0. The molecule has 1 aromatic heterocycles. The monoisotopic (exact) mass is 394 g/mol. The van der Waals surface area contributed by atoms with Gasteiger partial charge < -0.3 is 10.1 Å². The summed E-state index contributed by atoms with van der Waals surface area (Å²) in [5.74, 6) is -0.0861. The van der Waals surface area contributed by atoms with Crippen LogP contribution in [0.3, 0.4) is 0 Å². The molecule has 8 heteroatoms. The van der Waals surface area contributed by atoms with Crippen LogP contribution in [0.2, 0.25) is 0 Å². The molecule has 1 saturated heterocycles. The number of hydrogen-bond donors (Lipinski definition) is 1. The number of rotatable bonds is 7. The molecule has 0 atom stereocenters. The van der Waals surface area contributed by atoms with Crippen molar-refractivity contribution in [1.29, 1.82) is 0 Å².